The highest BCUT2D eigenvalue weighted by molar-refractivity contribution is 5.51. The molecule has 0 aliphatic rings. The second-order valence-corrected chi connectivity index (χ2v) is 3.61. The van der Waals surface area contributed by atoms with Crippen LogP contribution in [0.25, 0.3) is 5.52 Å². The van der Waals surface area contributed by atoms with E-state index in [0.717, 1.165) is 12.1 Å². The average Bonchev–Trinajstić information content (AvgIpc) is 2.58. The summed E-state index contributed by atoms with van der Waals surface area (Å²) in [5.74, 6) is 0. The molecule has 0 fully saturated rings. The first-order chi connectivity index (χ1) is 6.77. The summed E-state index contributed by atoms with van der Waals surface area (Å²) in [4.78, 5) is 4.08. The molecule has 74 valence electrons. The molecule has 0 amide bonds. The zero-order valence-electron chi connectivity index (χ0n) is 8.44. The lowest BCUT2D eigenvalue weighted by Crippen LogP contribution is -2.21. The smallest absolute Gasteiger partial charge is 0.0889 e. The molecule has 2 heterocycles. The Hall–Kier alpha value is -1.42. The van der Waals surface area contributed by atoms with Gasteiger partial charge in [0.1, 0.15) is 0 Å². The predicted octanol–water partition coefficient (Wildman–Crippen LogP) is 1.23. The van der Waals surface area contributed by atoms with Crippen LogP contribution < -0.4 is 5.32 Å². The number of fused-ring (bicyclic) bond motifs is 1. The Bertz CT molecular complexity index is 419. The van der Waals surface area contributed by atoms with Crippen molar-refractivity contribution in [2.75, 3.05) is 0 Å². The van der Waals surface area contributed by atoms with Gasteiger partial charge in [-0.15, -0.1) is 0 Å². The first-order valence-electron chi connectivity index (χ1n) is 4.77. The summed E-state index contributed by atoms with van der Waals surface area (Å²) in [6.07, 6.45) is 7.31. The molecular formula is C10H14N4. The Morgan fingerprint density at radius 2 is 2.29 bits per heavy atom. The normalized spacial score (nSPS) is 11.4. The number of hydrogen-bond acceptors (Lipinski definition) is 3. The van der Waals surface area contributed by atoms with Crippen LogP contribution in [-0.2, 0) is 6.54 Å². The molecule has 0 radical (unpaired) electrons. The Labute approximate surface area is 83.0 Å². The van der Waals surface area contributed by atoms with Crippen LogP contribution >= 0.6 is 0 Å². The van der Waals surface area contributed by atoms with E-state index in [1.54, 1.807) is 6.20 Å². The van der Waals surface area contributed by atoms with Gasteiger partial charge in [-0.2, -0.15) is 5.10 Å². The van der Waals surface area contributed by atoms with Crippen LogP contribution in [0.2, 0.25) is 0 Å². The molecule has 0 saturated heterocycles. The Kier molecular flexibility index (Phi) is 2.45. The van der Waals surface area contributed by atoms with Crippen LogP contribution in [0.15, 0.2) is 24.8 Å². The Morgan fingerprint density at radius 1 is 1.43 bits per heavy atom. The third-order valence-corrected chi connectivity index (χ3v) is 2.11. The SMILES string of the molecule is CC(C)NCc1cnn2ccncc12. The molecule has 4 heteroatoms. The maximum atomic E-state index is 4.23. The predicted molar refractivity (Wildman–Crippen MR) is 55.0 cm³/mol. The molecule has 0 bridgehead atoms. The molecule has 0 saturated carbocycles. The van der Waals surface area contributed by atoms with Gasteiger partial charge >= 0.3 is 0 Å². The molecule has 4 nitrogen and oxygen atoms in total. The number of aromatic nitrogens is 3. The summed E-state index contributed by atoms with van der Waals surface area (Å²) in [7, 11) is 0. The van der Waals surface area contributed by atoms with E-state index in [0.29, 0.717) is 6.04 Å². The summed E-state index contributed by atoms with van der Waals surface area (Å²) in [5, 5.41) is 7.59. The van der Waals surface area contributed by atoms with E-state index >= 15 is 0 Å². The van der Waals surface area contributed by atoms with E-state index in [4.69, 9.17) is 0 Å². The third kappa shape index (κ3) is 1.75. The van der Waals surface area contributed by atoms with E-state index in [2.05, 4.69) is 29.2 Å². The molecular weight excluding hydrogens is 176 g/mol. The van der Waals surface area contributed by atoms with Gasteiger partial charge in [0.15, 0.2) is 0 Å². The fourth-order valence-electron chi connectivity index (χ4n) is 1.33. The highest BCUT2D eigenvalue weighted by atomic mass is 15.2. The van der Waals surface area contributed by atoms with Crippen LogP contribution in [0.3, 0.4) is 0 Å². The minimum atomic E-state index is 0.488. The van der Waals surface area contributed by atoms with Crippen molar-refractivity contribution in [1.82, 2.24) is 19.9 Å². The van der Waals surface area contributed by atoms with Gasteiger partial charge in [0, 0.05) is 30.5 Å². The van der Waals surface area contributed by atoms with Crippen molar-refractivity contribution in [3.63, 3.8) is 0 Å². The van der Waals surface area contributed by atoms with Crippen molar-refractivity contribution < 1.29 is 0 Å². The fraction of sp³-hybridized carbons (Fsp3) is 0.400. The second kappa shape index (κ2) is 3.75. The van der Waals surface area contributed by atoms with Gasteiger partial charge in [-0.05, 0) is 0 Å². The summed E-state index contributed by atoms with van der Waals surface area (Å²) >= 11 is 0. The van der Waals surface area contributed by atoms with E-state index in [1.807, 2.05) is 23.1 Å². The number of nitrogens with one attached hydrogen (secondary N) is 1. The number of nitrogens with zero attached hydrogens (tertiary/aromatic N) is 3. The molecule has 0 aromatic carbocycles. The van der Waals surface area contributed by atoms with Crippen molar-refractivity contribution in [1.29, 1.82) is 0 Å². The first kappa shape index (κ1) is 9.15. The minimum Gasteiger partial charge on any atom is -0.310 e. The van der Waals surface area contributed by atoms with Crippen LogP contribution in [0.5, 0.6) is 0 Å². The lowest BCUT2D eigenvalue weighted by Gasteiger charge is -2.05. The van der Waals surface area contributed by atoms with Crippen LogP contribution in [-0.4, -0.2) is 20.6 Å². The molecule has 1 N–H and O–H groups in total. The largest absolute Gasteiger partial charge is 0.310 e. The van der Waals surface area contributed by atoms with E-state index in [-0.39, 0.29) is 0 Å². The quantitative estimate of drug-likeness (QED) is 0.791. The summed E-state index contributed by atoms with van der Waals surface area (Å²) in [5.41, 5.74) is 2.26. The molecule has 0 spiro atoms. The summed E-state index contributed by atoms with van der Waals surface area (Å²) in [6, 6.07) is 0.488. The fourth-order valence-corrected chi connectivity index (χ4v) is 1.33. The molecule has 2 aromatic rings. The van der Waals surface area contributed by atoms with E-state index in [9.17, 15) is 0 Å². The highest BCUT2D eigenvalue weighted by Crippen LogP contribution is 2.07. The lowest BCUT2D eigenvalue weighted by molar-refractivity contribution is 0.590. The molecule has 0 aliphatic heterocycles. The van der Waals surface area contributed by atoms with Gasteiger partial charge in [0.2, 0.25) is 0 Å². The monoisotopic (exact) mass is 190 g/mol. The van der Waals surface area contributed by atoms with Crippen molar-refractivity contribution in [2.45, 2.75) is 26.4 Å². The maximum Gasteiger partial charge on any atom is 0.0889 e. The van der Waals surface area contributed by atoms with Crippen LogP contribution in [0, 0.1) is 0 Å². The molecule has 2 rings (SSSR count). The van der Waals surface area contributed by atoms with Crippen molar-refractivity contribution in [2.24, 2.45) is 0 Å². The van der Waals surface area contributed by atoms with E-state index in [1.165, 1.54) is 5.56 Å². The Balaban J connectivity index is 2.25. The minimum absolute atomic E-state index is 0.488. The zero-order chi connectivity index (χ0) is 9.97. The standard InChI is InChI=1S/C10H14N4/c1-8(2)12-5-9-6-13-14-4-3-11-7-10(9)14/h3-4,6-8,12H,5H2,1-2H3. The van der Waals surface area contributed by atoms with Crippen molar-refractivity contribution in [3.05, 3.63) is 30.4 Å². The topological polar surface area (TPSA) is 42.2 Å². The zero-order valence-corrected chi connectivity index (χ0v) is 8.44. The number of rotatable bonds is 3. The molecule has 0 aliphatic carbocycles. The van der Waals surface area contributed by atoms with Gasteiger partial charge < -0.3 is 5.32 Å². The summed E-state index contributed by atoms with van der Waals surface area (Å²) in [6.45, 7) is 5.10. The second-order valence-electron chi connectivity index (χ2n) is 3.61. The molecule has 2 aromatic heterocycles. The molecule has 14 heavy (non-hydrogen) atoms. The highest BCUT2D eigenvalue weighted by Gasteiger charge is 2.03. The average molecular weight is 190 g/mol. The molecule has 0 unspecified atom stereocenters. The lowest BCUT2D eigenvalue weighted by atomic mass is 10.3. The van der Waals surface area contributed by atoms with Crippen molar-refractivity contribution in [3.8, 4) is 0 Å². The number of hydrogen-bond donors (Lipinski definition) is 1. The Morgan fingerprint density at radius 3 is 3.07 bits per heavy atom. The first-order valence-corrected chi connectivity index (χ1v) is 4.77. The van der Waals surface area contributed by atoms with Gasteiger partial charge in [-0.3, -0.25) is 4.98 Å². The van der Waals surface area contributed by atoms with Crippen molar-refractivity contribution >= 4 is 5.52 Å². The summed E-state index contributed by atoms with van der Waals surface area (Å²) < 4.78 is 1.84. The van der Waals surface area contributed by atoms with Crippen LogP contribution in [0.1, 0.15) is 19.4 Å². The van der Waals surface area contributed by atoms with Crippen LogP contribution in [0.4, 0.5) is 0 Å². The van der Waals surface area contributed by atoms with Gasteiger partial charge in [0.25, 0.3) is 0 Å². The molecule has 0 atom stereocenters. The maximum absolute atomic E-state index is 4.23. The third-order valence-electron chi connectivity index (χ3n) is 2.11. The van der Waals surface area contributed by atoms with Gasteiger partial charge in [-0.25, -0.2) is 4.52 Å². The van der Waals surface area contributed by atoms with Gasteiger partial charge in [0.05, 0.1) is 17.9 Å². The van der Waals surface area contributed by atoms with E-state index < -0.39 is 0 Å². The van der Waals surface area contributed by atoms with Gasteiger partial charge in [-0.1, -0.05) is 13.8 Å².